The summed E-state index contributed by atoms with van der Waals surface area (Å²) in [5.41, 5.74) is 2.72. The molecule has 0 saturated carbocycles. The van der Waals surface area contributed by atoms with Gasteiger partial charge in [-0.3, -0.25) is 11.3 Å². The molecule has 2 atom stereocenters. The third-order valence-electron chi connectivity index (χ3n) is 1.71. The second-order valence-corrected chi connectivity index (χ2v) is 2.67. The van der Waals surface area contributed by atoms with Crippen LogP contribution in [0.3, 0.4) is 0 Å². The van der Waals surface area contributed by atoms with Crippen LogP contribution >= 0.6 is 0 Å². The molecule has 0 aliphatic rings. The van der Waals surface area contributed by atoms with E-state index in [1.807, 2.05) is 13.0 Å². The maximum absolute atomic E-state index is 5.31. The Hall–Kier alpha value is -0.380. The van der Waals surface area contributed by atoms with Gasteiger partial charge in [0, 0.05) is 13.2 Å². The molecule has 0 aliphatic carbocycles. The van der Waals surface area contributed by atoms with E-state index in [1.54, 1.807) is 7.11 Å². The van der Waals surface area contributed by atoms with Gasteiger partial charge in [0.2, 0.25) is 0 Å². The summed E-state index contributed by atoms with van der Waals surface area (Å²) in [5.74, 6) is 5.31. The fraction of sp³-hybridized carbons (Fsp3) is 0.750. The van der Waals surface area contributed by atoms with E-state index in [-0.39, 0.29) is 12.1 Å². The molecule has 0 saturated heterocycles. The fourth-order valence-corrected chi connectivity index (χ4v) is 0.930. The van der Waals surface area contributed by atoms with Gasteiger partial charge < -0.3 is 4.74 Å². The van der Waals surface area contributed by atoms with Gasteiger partial charge >= 0.3 is 0 Å². The minimum Gasteiger partial charge on any atom is -0.382 e. The van der Waals surface area contributed by atoms with Crippen molar-refractivity contribution in [2.45, 2.75) is 31.9 Å². The molecule has 0 aromatic heterocycles. The Balaban J connectivity index is 3.57. The van der Waals surface area contributed by atoms with Crippen LogP contribution < -0.4 is 11.3 Å². The standard InChI is InChI=1S/C8H18N2O/c1-4-5-8(10-9)6-7(2)11-3/h4,7-8,10H,1,5-6,9H2,2-3H3. The first-order valence-corrected chi connectivity index (χ1v) is 3.84. The number of methoxy groups -OCH3 is 1. The lowest BCUT2D eigenvalue weighted by Gasteiger charge is -2.17. The molecule has 0 bridgehead atoms. The van der Waals surface area contributed by atoms with Crippen LogP contribution in [0.15, 0.2) is 12.7 Å². The molecule has 3 N–H and O–H groups in total. The van der Waals surface area contributed by atoms with Gasteiger partial charge in [-0.1, -0.05) is 6.08 Å². The largest absolute Gasteiger partial charge is 0.382 e. The number of hydrogen-bond donors (Lipinski definition) is 2. The van der Waals surface area contributed by atoms with Gasteiger partial charge in [-0.15, -0.1) is 6.58 Å². The van der Waals surface area contributed by atoms with Crippen LogP contribution in [0.1, 0.15) is 19.8 Å². The molecule has 0 spiro atoms. The molecule has 0 heterocycles. The Labute approximate surface area is 68.6 Å². The molecule has 3 nitrogen and oxygen atoms in total. The molecule has 0 aromatic carbocycles. The first-order chi connectivity index (χ1) is 5.24. The molecule has 2 unspecified atom stereocenters. The summed E-state index contributed by atoms with van der Waals surface area (Å²) in [6.07, 6.45) is 3.90. The second kappa shape index (κ2) is 6.34. The Kier molecular flexibility index (Phi) is 6.12. The Morgan fingerprint density at radius 2 is 2.36 bits per heavy atom. The SMILES string of the molecule is C=CCC(CC(C)OC)NN. The van der Waals surface area contributed by atoms with Gasteiger partial charge in [-0.05, 0) is 19.8 Å². The highest BCUT2D eigenvalue weighted by Crippen LogP contribution is 2.03. The molecular formula is C8H18N2O. The van der Waals surface area contributed by atoms with E-state index < -0.39 is 0 Å². The number of nitrogens with two attached hydrogens (primary N) is 1. The van der Waals surface area contributed by atoms with E-state index in [4.69, 9.17) is 10.6 Å². The van der Waals surface area contributed by atoms with Crippen molar-refractivity contribution >= 4 is 0 Å². The van der Waals surface area contributed by atoms with Crippen molar-refractivity contribution in [2.24, 2.45) is 5.84 Å². The molecule has 0 radical (unpaired) electrons. The zero-order chi connectivity index (χ0) is 8.69. The predicted octanol–water partition coefficient (Wildman–Crippen LogP) is 0.819. The van der Waals surface area contributed by atoms with Crippen LogP contribution in [0.4, 0.5) is 0 Å². The normalized spacial score (nSPS) is 15.9. The monoisotopic (exact) mass is 158 g/mol. The molecule has 0 amide bonds. The average Bonchev–Trinajstić information content (AvgIpc) is 2.03. The van der Waals surface area contributed by atoms with Crippen LogP contribution in [0.5, 0.6) is 0 Å². The summed E-state index contributed by atoms with van der Waals surface area (Å²) in [6.45, 7) is 5.67. The number of hydrazine groups is 1. The number of nitrogens with one attached hydrogen (secondary N) is 1. The lowest BCUT2D eigenvalue weighted by molar-refractivity contribution is 0.101. The topological polar surface area (TPSA) is 47.3 Å². The summed E-state index contributed by atoms with van der Waals surface area (Å²) in [5, 5.41) is 0. The van der Waals surface area contributed by atoms with Crippen molar-refractivity contribution in [1.82, 2.24) is 5.43 Å². The van der Waals surface area contributed by atoms with Crippen molar-refractivity contribution in [3.05, 3.63) is 12.7 Å². The third kappa shape index (κ3) is 4.95. The maximum Gasteiger partial charge on any atom is 0.0558 e. The van der Waals surface area contributed by atoms with Crippen LogP contribution in [0.25, 0.3) is 0 Å². The Bertz CT molecular complexity index is 106. The fourth-order valence-electron chi connectivity index (χ4n) is 0.930. The van der Waals surface area contributed by atoms with Gasteiger partial charge in [-0.25, -0.2) is 0 Å². The first kappa shape index (κ1) is 10.6. The zero-order valence-corrected chi connectivity index (χ0v) is 7.34. The highest BCUT2D eigenvalue weighted by molar-refractivity contribution is 4.77. The Morgan fingerprint density at radius 3 is 2.73 bits per heavy atom. The van der Waals surface area contributed by atoms with Gasteiger partial charge in [0.1, 0.15) is 0 Å². The molecule has 11 heavy (non-hydrogen) atoms. The smallest absolute Gasteiger partial charge is 0.0558 e. The summed E-state index contributed by atoms with van der Waals surface area (Å²) in [7, 11) is 1.70. The maximum atomic E-state index is 5.31. The van der Waals surface area contributed by atoms with E-state index in [2.05, 4.69) is 12.0 Å². The lowest BCUT2D eigenvalue weighted by atomic mass is 10.1. The quantitative estimate of drug-likeness (QED) is 0.342. The van der Waals surface area contributed by atoms with Gasteiger partial charge in [-0.2, -0.15) is 0 Å². The molecule has 0 rings (SSSR count). The van der Waals surface area contributed by atoms with Crippen LogP contribution in [-0.4, -0.2) is 19.3 Å². The van der Waals surface area contributed by atoms with Crippen LogP contribution in [0, 0.1) is 0 Å². The van der Waals surface area contributed by atoms with E-state index in [9.17, 15) is 0 Å². The van der Waals surface area contributed by atoms with Crippen molar-refractivity contribution in [3.63, 3.8) is 0 Å². The predicted molar refractivity (Wildman–Crippen MR) is 47.0 cm³/mol. The summed E-state index contributed by atoms with van der Waals surface area (Å²) >= 11 is 0. The van der Waals surface area contributed by atoms with Crippen LogP contribution in [0.2, 0.25) is 0 Å². The number of hydrogen-bond acceptors (Lipinski definition) is 3. The molecule has 66 valence electrons. The molecular weight excluding hydrogens is 140 g/mol. The number of ether oxygens (including phenoxy) is 1. The first-order valence-electron chi connectivity index (χ1n) is 3.84. The molecule has 0 fully saturated rings. The second-order valence-electron chi connectivity index (χ2n) is 2.67. The van der Waals surface area contributed by atoms with E-state index in [0.29, 0.717) is 0 Å². The van der Waals surface area contributed by atoms with Crippen molar-refractivity contribution in [1.29, 1.82) is 0 Å². The zero-order valence-electron chi connectivity index (χ0n) is 7.34. The van der Waals surface area contributed by atoms with Gasteiger partial charge in [0.15, 0.2) is 0 Å². The summed E-state index contributed by atoms with van der Waals surface area (Å²) < 4.78 is 5.10. The van der Waals surface area contributed by atoms with Crippen LogP contribution in [-0.2, 0) is 4.74 Å². The van der Waals surface area contributed by atoms with Gasteiger partial charge in [0.05, 0.1) is 6.10 Å². The summed E-state index contributed by atoms with van der Waals surface area (Å²) in [6, 6.07) is 0.280. The Morgan fingerprint density at radius 1 is 1.73 bits per heavy atom. The highest BCUT2D eigenvalue weighted by atomic mass is 16.5. The van der Waals surface area contributed by atoms with Crippen molar-refractivity contribution in [3.8, 4) is 0 Å². The van der Waals surface area contributed by atoms with E-state index >= 15 is 0 Å². The molecule has 0 aromatic rings. The van der Waals surface area contributed by atoms with E-state index in [0.717, 1.165) is 12.8 Å². The molecule has 0 aliphatic heterocycles. The highest BCUT2D eigenvalue weighted by Gasteiger charge is 2.08. The minimum absolute atomic E-state index is 0.246. The van der Waals surface area contributed by atoms with Crippen molar-refractivity contribution in [2.75, 3.05) is 7.11 Å². The van der Waals surface area contributed by atoms with Gasteiger partial charge in [0.25, 0.3) is 0 Å². The molecule has 3 heteroatoms. The minimum atomic E-state index is 0.246. The number of rotatable bonds is 6. The average molecular weight is 158 g/mol. The van der Waals surface area contributed by atoms with Crippen molar-refractivity contribution < 1.29 is 4.74 Å². The lowest BCUT2D eigenvalue weighted by Crippen LogP contribution is -2.37. The van der Waals surface area contributed by atoms with E-state index in [1.165, 1.54) is 0 Å². The summed E-state index contributed by atoms with van der Waals surface area (Å²) in [4.78, 5) is 0. The third-order valence-corrected chi connectivity index (χ3v) is 1.71.